The monoisotopic (exact) mass is 352 g/mol. The molecule has 0 N–H and O–H groups in total. The van der Waals surface area contributed by atoms with E-state index in [2.05, 4.69) is 29.0 Å². The Bertz CT molecular complexity index is 920. The molecule has 0 spiro atoms. The summed E-state index contributed by atoms with van der Waals surface area (Å²) < 4.78 is 2.00. The number of amides is 1. The fourth-order valence-electron chi connectivity index (χ4n) is 3.13. The van der Waals surface area contributed by atoms with Gasteiger partial charge in [-0.15, -0.1) is 11.3 Å². The molecule has 1 aliphatic rings. The van der Waals surface area contributed by atoms with E-state index in [1.807, 2.05) is 40.9 Å². The predicted octanol–water partition coefficient (Wildman–Crippen LogP) is 3.27. The molecule has 0 fully saturated rings. The zero-order valence-electron chi connectivity index (χ0n) is 14.4. The highest BCUT2D eigenvalue weighted by Crippen LogP contribution is 2.22. The molecule has 0 radical (unpaired) electrons. The van der Waals surface area contributed by atoms with E-state index in [4.69, 9.17) is 0 Å². The minimum Gasteiger partial charge on any atom is -0.338 e. The number of thiazole rings is 1. The van der Waals surface area contributed by atoms with Crippen molar-refractivity contribution in [1.29, 1.82) is 0 Å². The molecule has 0 aliphatic carbocycles. The topological polar surface area (TPSA) is 50.5 Å². The van der Waals surface area contributed by atoms with E-state index in [-0.39, 0.29) is 5.91 Å². The molecule has 0 unspecified atom stereocenters. The number of imidazole rings is 1. The summed E-state index contributed by atoms with van der Waals surface area (Å²) in [5.74, 6) is 0.139. The number of carbonyl (C=O) groups is 1. The van der Waals surface area contributed by atoms with Crippen molar-refractivity contribution in [3.05, 3.63) is 58.6 Å². The minimum absolute atomic E-state index is 0.139. The minimum atomic E-state index is 0.139. The van der Waals surface area contributed by atoms with E-state index in [0.717, 1.165) is 34.9 Å². The Morgan fingerprint density at radius 1 is 1.28 bits per heavy atom. The molecule has 128 valence electrons. The number of rotatable bonds is 3. The first-order valence-electron chi connectivity index (χ1n) is 8.42. The molecule has 4 heterocycles. The van der Waals surface area contributed by atoms with Gasteiger partial charge < -0.3 is 4.90 Å². The van der Waals surface area contributed by atoms with Crippen molar-refractivity contribution in [2.45, 2.75) is 26.7 Å². The molecule has 6 heteroatoms. The molecule has 0 atom stereocenters. The van der Waals surface area contributed by atoms with Crippen LogP contribution < -0.4 is 0 Å². The molecule has 25 heavy (non-hydrogen) atoms. The Morgan fingerprint density at radius 3 is 2.84 bits per heavy atom. The summed E-state index contributed by atoms with van der Waals surface area (Å²) in [5, 5.41) is 0. The van der Waals surface area contributed by atoms with Crippen molar-refractivity contribution < 1.29 is 4.79 Å². The average Bonchev–Trinajstić information content (AvgIpc) is 3.12. The van der Waals surface area contributed by atoms with Gasteiger partial charge in [-0.1, -0.05) is 12.1 Å². The molecular weight excluding hydrogens is 332 g/mol. The van der Waals surface area contributed by atoms with Gasteiger partial charge in [-0.25, -0.2) is 4.98 Å². The van der Waals surface area contributed by atoms with Crippen LogP contribution in [0.3, 0.4) is 0 Å². The lowest BCUT2D eigenvalue weighted by Crippen LogP contribution is -2.35. The van der Waals surface area contributed by atoms with Crippen LogP contribution in [0.1, 0.15) is 28.2 Å². The van der Waals surface area contributed by atoms with Crippen molar-refractivity contribution >= 4 is 27.8 Å². The number of aromatic nitrogens is 3. The number of carbonyl (C=O) groups excluding carboxylic acids is 1. The second-order valence-electron chi connectivity index (χ2n) is 6.45. The van der Waals surface area contributed by atoms with E-state index >= 15 is 0 Å². The maximum atomic E-state index is 12.6. The van der Waals surface area contributed by atoms with Crippen LogP contribution in [0.2, 0.25) is 0 Å². The molecule has 4 rings (SSSR count). The lowest BCUT2D eigenvalue weighted by Gasteiger charge is -2.26. The standard InChI is InChI=1S/C19H20N4OS/c1-13-3-4-16(10-20-13)15-5-7-22(8-6-15)18(24)9-17-12-23-11-14(2)25-19(23)21-17/h3-5,10-12H,6-9H2,1-2H3. The normalized spacial score (nSPS) is 14.8. The third kappa shape index (κ3) is 3.35. The second-order valence-corrected chi connectivity index (χ2v) is 7.66. The van der Waals surface area contributed by atoms with Gasteiger partial charge in [0.15, 0.2) is 4.96 Å². The summed E-state index contributed by atoms with van der Waals surface area (Å²) in [7, 11) is 0. The number of nitrogens with zero attached hydrogens (tertiary/aromatic N) is 4. The van der Waals surface area contributed by atoms with Crippen LogP contribution in [-0.2, 0) is 11.2 Å². The summed E-state index contributed by atoms with van der Waals surface area (Å²) >= 11 is 1.65. The summed E-state index contributed by atoms with van der Waals surface area (Å²) in [5.41, 5.74) is 4.29. The lowest BCUT2D eigenvalue weighted by molar-refractivity contribution is -0.130. The predicted molar refractivity (Wildman–Crippen MR) is 99.7 cm³/mol. The first kappa shape index (κ1) is 16.0. The molecule has 5 nitrogen and oxygen atoms in total. The molecule has 0 saturated carbocycles. The fourth-order valence-corrected chi connectivity index (χ4v) is 3.95. The number of hydrogen-bond donors (Lipinski definition) is 0. The molecular formula is C19H20N4OS. The number of aryl methyl sites for hydroxylation is 2. The van der Waals surface area contributed by atoms with Gasteiger partial charge in [-0.3, -0.25) is 14.2 Å². The quantitative estimate of drug-likeness (QED) is 0.727. The van der Waals surface area contributed by atoms with Crippen LogP contribution in [0, 0.1) is 13.8 Å². The van der Waals surface area contributed by atoms with E-state index < -0.39 is 0 Å². The highest BCUT2D eigenvalue weighted by Gasteiger charge is 2.19. The summed E-state index contributed by atoms with van der Waals surface area (Å²) in [6, 6.07) is 4.13. The van der Waals surface area contributed by atoms with Gasteiger partial charge >= 0.3 is 0 Å². The van der Waals surface area contributed by atoms with Gasteiger partial charge in [0, 0.05) is 42.3 Å². The largest absolute Gasteiger partial charge is 0.338 e. The van der Waals surface area contributed by atoms with Gasteiger partial charge in [0.2, 0.25) is 5.91 Å². The third-order valence-electron chi connectivity index (χ3n) is 4.50. The Balaban J connectivity index is 1.41. The van der Waals surface area contributed by atoms with Gasteiger partial charge in [0.05, 0.1) is 12.1 Å². The van der Waals surface area contributed by atoms with Crippen molar-refractivity contribution in [2.75, 3.05) is 13.1 Å². The average molecular weight is 352 g/mol. The Morgan fingerprint density at radius 2 is 2.16 bits per heavy atom. The van der Waals surface area contributed by atoms with E-state index in [0.29, 0.717) is 13.0 Å². The zero-order valence-corrected chi connectivity index (χ0v) is 15.2. The number of pyridine rings is 1. The Kier molecular flexibility index (Phi) is 4.13. The van der Waals surface area contributed by atoms with Crippen molar-refractivity contribution in [3.8, 4) is 0 Å². The SMILES string of the molecule is Cc1ccc(C2=CCN(C(=O)Cc3cn4cc(C)sc4n3)CC2)cn1. The van der Waals surface area contributed by atoms with Gasteiger partial charge in [-0.2, -0.15) is 0 Å². The van der Waals surface area contributed by atoms with Crippen molar-refractivity contribution in [3.63, 3.8) is 0 Å². The van der Waals surface area contributed by atoms with Crippen LogP contribution in [0.25, 0.3) is 10.5 Å². The summed E-state index contributed by atoms with van der Waals surface area (Å²) in [6.07, 6.45) is 9.30. The molecule has 3 aromatic heterocycles. The highest BCUT2D eigenvalue weighted by molar-refractivity contribution is 7.16. The smallest absolute Gasteiger partial charge is 0.228 e. The molecule has 3 aromatic rings. The van der Waals surface area contributed by atoms with Crippen molar-refractivity contribution in [1.82, 2.24) is 19.3 Å². The second kappa shape index (κ2) is 6.44. The van der Waals surface area contributed by atoms with E-state index in [1.165, 1.54) is 10.5 Å². The zero-order chi connectivity index (χ0) is 17.4. The lowest BCUT2D eigenvalue weighted by atomic mass is 10.0. The molecule has 0 saturated heterocycles. The number of hydrogen-bond acceptors (Lipinski definition) is 4. The number of fused-ring (bicyclic) bond motifs is 1. The van der Waals surface area contributed by atoms with Crippen LogP contribution >= 0.6 is 11.3 Å². The molecule has 1 aliphatic heterocycles. The van der Waals surface area contributed by atoms with Crippen LogP contribution in [0.4, 0.5) is 0 Å². The van der Waals surface area contributed by atoms with Gasteiger partial charge in [0.25, 0.3) is 0 Å². The first-order chi connectivity index (χ1) is 12.1. The van der Waals surface area contributed by atoms with Gasteiger partial charge in [0.1, 0.15) is 0 Å². The Hall–Kier alpha value is -2.47. The van der Waals surface area contributed by atoms with Crippen molar-refractivity contribution in [2.24, 2.45) is 0 Å². The fraction of sp³-hybridized carbons (Fsp3) is 0.316. The van der Waals surface area contributed by atoms with Gasteiger partial charge in [-0.05, 0) is 37.5 Å². The maximum Gasteiger partial charge on any atom is 0.228 e. The molecule has 1 amide bonds. The Labute approximate surface area is 150 Å². The molecule has 0 bridgehead atoms. The molecule has 0 aromatic carbocycles. The van der Waals surface area contributed by atoms with Crippen LogP contribution in [0.15, 0.2) is 36.8 Å². The highest BCUT2D eigenvalue weighted by atomic mass is 32.1. The maximum absolute atomic E-state index is 12.6. The van der Waals surface area contributed by atoms with E-state index in [9.17, 15) is 4.79 Å². The van der Waals surface area contributed by atoms with Crippen LogP contribution in [0.5, 0.6) is 0 Å². The summed E-state index contributed by atoms with van der Waals surface area (Å²) in [6.45, 7) is 5.45. The van der Waals surface area contributed by atoms with E-state index in [1.54, 1.807) is 11.3 Å². The first-order valence-corrected chi connectivity index (χ1v) is 9.24. The van der Waals surface area contributed by atoms with Crippen LogP contribution in [-0.4, -0.2) is 38.3 Å². The third-order valence-corrected chi connectivity index (χ3v) is 5.41. The summed E-state index contributed by atoms with van der Waals surface area (Å²) in [4.78, 5) is 25.5.